The highest BCUT2D eigenvalue weighted by molar-refractivity contribution is 5.54. The van der Waals surface area contributed by atoms with Crippen molar-refractivity contribution in [3.63, 3.8) is 0 Å². The Morgan fingerprint density at radius 1 is 0.963 bits per heavy atom. The van der Waals surface area contributed by atoms with Crippen molar-refractivity contribution in [1.29, 1.82) is 0 Å². The molecular formula is C21H24N4O2. The maximum absolute atomic E-state index is 12.5. The molecule has 0 fully saturated rings. The van der Waals surface area contributed by atoms with Gasteiger partial charge in [-0.05, 0) is 42.7 Å². The number of aromatic nitrogens is 4. The molecule has 2 heterocycles. The van der Waals surface area contributed by atoms with Gasteiger partial charge in [-0.2, -0.15) is 0 Å². The van der Waals surface area contributed by atoms with Crippen LogP contribution in [0.3, 0.4) is 0 Å². The van der Waals surface area contributed by atoms with Crippen LogP contribution in [0.2, 0.25) is 0 Å². The van der Waals surface area contributed by atoms with Gasteiger partial charge < -0.3 is 15.0 Å². The van der Waals surface area contributed by atoms with Gasteiger partial charge in [0.1, 0.15) is 10.7 Å². The van der Waals surface area contributed by atoms with Gasteiger partial charge in [-0.25, -0.2) is 4.98 Å². The van der Waals surface area contributed by atoms with Crippen LogP contribution in [-0.2, 0) is 5.41 Å². The van der Waals surface area contributed by atoms with Crippen LogP contribution in [0.25, 0.3) is 12.2 Å². The number of nitrogens with one attached hydrogen (secondary N) is 3. The minimum Gasteiger partial charge on any atom is -0.348 e. The van der Waals surface area contributed by atoms with Gasteiger partial charge in [-0.15, -0.1) is 0 Å². The molecule has 3 rings (SSSR count). The molecule has 0 spiro atoms. The molecular weight excluding hydrogens is 340 g/mol. The fourth-order valence-electron chi connectivity index (χ4n) is 2.93. The molecule has 6 heteroatoms. The van der Waals surface area contributed by atoms with E-state index in [1.807, 2.05) is 52.8 Å². The molecule has 0 saturated heterocycles. The number of benzene rings is 1. The molecule has 1 aromatic carbocycles. The highest BCUT2D eigenvalue weighted by Crippen LogP contribution is 2.22. The van der Waals surface area contributed by atoms with Gasteiger partial charge in [0.15, 0.2) is 0 Å². The average molecular weight is 364 g/mol. The van der Waals surface area contributed by atoms with Crippen molar-refractivity contribution in [1.82, 2.24) is 19.9 Å². The predicted octanol–water partition coefficient (Wildman–Crippen LogP) is 1.36. The second kappa shape index (κ2) is 6.87. The number of rotatable bonds is 2. The lowest BCUT2D eigenvalue weighted by Crippen LogP contribution is -2.46. The largest absolute Gasteiger partial charge is 0.348 e. The smallest absolute Gasteiger partial charge is 0.272 e. The standard InChI is InChI=1S/C21H24N4O2/c1-12-7-6-8-14(13(12)2)9-16-19(26)25-17(20(27)24-16)10-15-18(21(3,4)5)23-11-22-15/h6-11H,1-5H3,(H,22,23)(H,24,27)(H,25,26). The molecule has 0 aliphatic rings. The Morgan fingerprint density at radius 2 is 1.59 bits per heavy atom. The molecule has 0 aliphatic carbocycles. The molecule has 0 saturated carbocycles. The summed E-state index contributed by atoms with van der Waals surface area (Å²) in [4.78, 5) is 37.7. The van der Waals surface area contributed by atoms with Crippen LogP contribution in [0, 0.1) is 13.8 Å². The summed E-state index contributed by atoms with van der Waals surface area (Å²) in [5.41, 5.74) is 3.74. The van der Waals surface area contributed by atoms with Crippen molar-refractivity contribution in [2.45, 2.75) is 40.0 Å². The van der Waals surface area contributed by atoms with Crippen LogP contribution in [0.15, 0.2) is 34.1 Å². The quantitative estimate of drug-likeness (QED) is 0.641. The Balaban J connectivity index is 2.16. The minimum atomic E-state index is -0.367. The zero-order valence-corrected chi connectivity index (χ0v) is 16.2. The molecule has 0 unspecified atom stereocenters. The summed E-state index contributed by atoms with van der Waals surface area (Å²) in [6.07, 6.45) is 4.88. The van der Waals surface area contributed by atoms with E-state index >= 15 is 0 Å². The maximum Gasteiger partial charge on any atom is 0.272 e. The van der Waals surface area contributed by atoms with Crippen molar-refractivity contribution >= 4 is 12.2 Å². The first kappa shape index (κ1) is 18.6. The number of H-pyrrole nitrogens is 3. The third kappa shape index (κ3) is 3.84. The second-order valence-electron chi connectivity index (χ2n) is 7.73. The first-order chi connectivity index (χ1) is 12.7. The third-order valence-electron chi connectivity index (χ3n) is 4.63. The summed E-state index contributed by atoms with van der Waals surface area (Å²) >= 11 is 0. The van der Waals surface area contributed by atoms with Gasteiger partial charge in [0.05, 0.1) is 12.0 Å². The monoisotopic (exact) mass is 364 g/mol. The summed E-state index contributed by atoms with van der Waals surface area (Å²) in [6, 6.07) is 5.85. The van der Waals surface area contributed by atoms with Gasteiger partial charge in [-0.3, -0.25) is 9.59 Å². The number of nitrogens with zero attached hydrogens (tertiary/aromatic N) is 1. The van der Waals surface area contributed by atoms with Crippen LogP contribution in [0.5, 0.6) is 0 Å². The van der Waals surface area contributed by atoms with Gasteiger partial charge in [0, 0.05) is 11.1 Å². The van der Waals surface area contributed by atoms with Crippen molar-refractivity contribution in [2.24, 2.45) is 0 Å². The van der Waals surface area contributed by atoms with Crippen LogP contribution < -0.4 is 21.8 Å². The van der Waals surface area contributed by atoms with E-state index < -0.39 is 0 Å². The first-order valence-electron chi connectivity index (χ1n) is 8.83. The summed E-state index contributed by atoms with van der Waals surface area (Å²) in [5.74, 6) is 0. The minimum absolute atomic E-state index is 0.161. The summed E-state index contributed by atoms with van der Waals surface area (Å²) in [7, 11) is 0. The van der Waals surface area contributed by atoms with E-state index in [0.29, 0.717) is 5.69 Å². The van der Waals surface area contributed by atoms with Crippen molar-refractivity contribution in [3.8, 4) is 0 Å². The maximum atomic E-state index is 12.5. The molecule has 140 valence electrons. The number of aryl methyl sites for hydroxylation is 1. The lowest BCUT2D eigenvalue weighted by atomic mass is 9.90. The van der Waals surface area contributed by atoms with E-state index in [1.54, 1.807) is 18.5 Å². The number of hydrogen-bond acceptors (Lipinski definition) is 3. The second-order valence-corrected chi connectivity index (χ2v) is 7.73. The molecule has 3 N–H and O–H groups in total. The summed E-state index contributed by atoms with van der Waals surface area (Å²) in [5, 5.41) is 0.402. The Hall–Kier alpha value is -3.15. The third-order valence-corrected chi connectivity index (χ3v) is 4.63. The van der Waals surface area contributed by atoms with E-state index in [4.69, 9.17) is 0 Å². The zero-order chi connectivity index (χ0) is 19.8. The normalized spacial score (nSPS) is 13.4. The lowest BCUT2D eigenvalue weighted by molar-refractivity contribution is 0.571. The summed E-state index contributed by atoms with van der Waals surface area (Å²) in [6.45, 7) is 10.1. The van der Waals surface area contributed by atoms with Gasteiger partial charge in [0.25, 0.3) is 11.1 Å². The van der Waals surface area contributed by atoms with Crippen LogP contribution >= 0.6 is 0 Å². The lowest BCUT2D eigenvalue weighted by Gasteiger charge is -2.16. The topological polar surface area (TPSA) is 94.4 Å². The highest BCUT2D eigenvalue weighted by Gasteiger charge is 2.19. The molecule has 0 aliphatic heterocycles. The molecule has 0 atom stereocenters. The van der Waals surface area contributed by atoms with Crippen molar-refractivity contribution < 1.29 is 0 Å². The number of hydrogen-bond donors (Lipinski definition) is 3. The van der Waals surface area contributed by atoms with E-state index in [9.17, 15) is 9.59 Å². The zero-order valence-electron chi connectivity index (χ0n) is 16.2. The molecule has 0 amide bonds. The Morgan fingerprint density at radius 3 is 2.22 bits per heavy atom. The van der Waals surface area contributed by atoms with Crippen LogP contribution in [0.1, 0.15) is 48.8 Å². The Kier molecular flexibility index (Phi) is 4.74. The average Bonchev–Trinajstić information content (AvgIpc) is 3.05. The van der Waals surface area contributed by atoms with E-state index in [0.717, 1.165) is 22.4 Å². The van der Waals surface area contributed by atoms with Crippen molar-refractivity contribution in [2.75, 3.05) is 0 Å². The Labute approximate surface area is 156 Å². The van der Waals surface area contributed by atoms with Gasteiger partial charge in [-0.1, -0.05) is 39.0 Å². The molecule has 27 heavy (non-hydrogen) atoms. The molecule has 0 bridgehead atoms. The SMILES string of the molecule is Cc1cccc(C=c2[nH]c(=O)c(=Cc3nc[nH]c3C(C)(C)C)[nH]c2=O)c1C. The number of aromatic amines is 3. The fraction of sp³-hybridized carbons (Fsp3) is 0.286. The van der Waals surface area contributed by atoms with Crippen molar-refractivity contribution in [3.05, 3.63) is 84.0 Å². The molecule has 3 aromatic rings. The molecule has 2 aromatic heterocycles. The molecule has 0 radical (unpaired) electrons. The Bertz CT molecular complexity index is 1220. The van der Waals surface area contributed by atoms with Crippen LogP contribution in [-0.4, -0.2) is 19.9 Å². The van der Waals surface area contributed by atoms with Gasteiger partial charge in [0.2, 0.25) is 0 Å². The highest BCUT2D eigenvalue weighted by atomic mass is 16.1. The predicted molar refractivity (Wildman–Crippen MR) is 107 cm³/mol. The fourth-order valence-corrected chi connectivity index (χ4v) is 2.93. The molecule has 6 nitrogen and oxygen atoms in total. The van der Waals surface area contributed by atoms with E-state index in [2.05, 4.69) is 19.9 Å². The summed E-state index contributed by atoms with van der Waals surface area (Å²) < 4.78 is 0. The first-order valence-corrected chi connectivity index (χ1v) is 8.83. The van der Waals surface area contributed by atoms with E-state index in [-0.39, 0.29) is 27.2 Å². The van der Waals surface area contributed by atoms with E-state index in [1.165, 1.54) is 0 Å². The van der Waals surface area contributed by atoms with Crippen LogP contribution in [0.4, 0.5) is 0 Å². The van der Waals surface area contributed by atoms with Gasteiger partial charge >= 0.3 is 0 Å². The number of imidazole rings is 1.